The van der Waals surface area contributed by atoms with Crippen LogP contribution in [-0.2, 0) is 21.7 Å². The topological polar surface area (TPSA) is 38.3 Å². The number of alkyl halides is 3. The predicted octanol–water partition coefficient (Wildman–Crippen LogP) is 4.06. The van der Waals surface area contributed by atoms with Crippen molar-refractivity contribution in [2.45, 2.75) is 18.3 Å². The summed E-state index contributed by atoms with van der Waals surface area (Å²) in [6.45, 7) is -0.146. The van der Waals surface area contributed by atoms with Gasteiger partial charge in [0.15, 0.2) is 0 Å². The van der Waals surface area contributed by atoms with E-state index >= 15 is 0 Å². The molecule has 3 nitrogen and oxygen atoms in total. The number of amides is 1. The number of carbonyl (C=O) groups is 1. The normalized spacial score (nSPS) is 14.0. The Morgan fingerprint density at radius 3 is 2.21 bits per heavy atom. The molecule has 0 fully saturated rings. The fourth-order valence-electron chi connectivity index (χ4n) is 2.36. The maximum absolute atomic E-state index is 13.7. The van der Waals surface area contributed by atoms with Gasteiger partial charge in [-0.2, -0.15) is 13.2 Å². The van der Waals surface area contributed by atoms with Crippen molar-refractivity contribution in [3.05, 3.63) is 70.7 Å². The number of hydrogen-bond acceptors (Lipinski definition) is 2. The Labute approximate surface area is 142 Å². The van der Waals surface area contributed by atoms with Gasteiger partial charge in [0.25, 0.3) is 11.5 Å². The summed E-state index contributed by atoms with van der Waals surface area (Å²) < 4.78 is 45.8. The molecule has 128 valence electrons. The van der Waals surface area contributed by atoms with Crippen molar-refractivity contribution in [3.63, 3.8) is 0 Å². The van der Waals surface area contributed by atoms with Crippen molar-refractivity contribution in [3.8, 4) is 0 Å². The van der Waals surface area contributed by atoms with Crippen molar-refractivity contribution in [2.24, 2.45) is 0 Å². The van der Waals surface area contributed by atoms with E-state index in [0.29, 0.717) is 10.6 Å². The van der Waals surface area contributed by atoms with E-state index in [1.165, 1.54) is 24.3 Å². The molecule has 0 aromatic heterocycles. The number of ether oxygens (including phenoxy) is 1. The molecule has 0 saturated heterocycles. The Hall–Kier alpha value is -2.05. The highest BCUT2D eigenvalue weighted by Gasteiger charge is 2.62. The molecule has 0 heterocycles. The molecule has 2 aromatic rings. The fourth-order valence-corrected chi connectivity index (χ4v) is 2.57. The molecule has 2 rings (SSSR count). The lowest BCUT2D eigenvalue weighted by Gasteiger charge is -2.33. The first-order valence-electron chi connectivity index (χ1n) is 7.02. The zero-order valence-electron chi connectivity index (χ0n) is 12.7. The summed E-state index contributed by atoms with van der Waals surface area (Å²) in [6, 6.07) is 13.4. The van der Waals surface area contributed by atoms with E-state index < -0.39 is 17.7 Å². The molecule has 0 saturated carbocycles. The summed E-state index contributed by atoms with van der Waals surface area (Å²) in [5.41, 5.74) is -2.88. The van der Waals surface area contributed by atoms with Crippen molar-refractivity contribution in [2.75, 3.05) is 7.11 Å². The van der Waals surface area contributed by atoms with Crippen LogP contribution in [0.2, 0.25) is 5.02 Å². The Morgan fingerprint density at radius 1 is 1.08 bits per heavy atom. The zero-order valence-corrected chi connectivity index (χ0v) is 13.5. The molecule has 1 unspecified atom stereocenters. The second-order valence-corrected chi connectivity index (χ2v) is 5.43. The molecule has 0 radical (unpaired) electrons. The highest BCUT2D eigenvalue weighted by molar-refractivity contribution is 6.31. The molecule has 2 aromatic carbocycles. The molecule has 1 amide bonds. The van der Waals surface area contributed by atoms with Crippen molar-refractivity contribution < 1.29 is 22.7 Å². The lowest BCUT2D eigenvalue weighted by molar-refractivity contribution is -0.265. The van der Waals surface area contributed by atoms with Crippen LogP contribution in [0, 0.1) is 0 Å². The van der Waals surface area contributed by atoms with Gasteiger partial charge >= 0.3 is 6.18 Å². The molecule has 1 N–H and O–H groups in total. The van der Waals surface area contributed by atoms with Gasteiger partial charge in [0.2, 0.25) is 0 Å². The zero-order chi connectivity index (χ0) is 17.8. The van der Waals surface area contributed by atoms with Crippen molar-refractivity contribution in [1.29, 1.82) is 0 Å². The highest BCUT2D eigenvalue weighted by atomic mass is 35.5. The first-order chi connectivity index (χ1) is 11.3. The molecular weight excluding hydrogens is 343 g/mol. The summed E-state index contributed by atoms with van der Waals surface area (Å²) in [4.78, 5) is 12.4. The number of nitrogens with one attached hydrogen (secondary N) is 1. The lowest BCUT2D eigenvalue weighted by atomic mass is 9.91. The molecule has 7 heteroatoms. The average molecular weight is 358 g/mol. The van der Waals surface area contributed by atoms with E-state index in [9.17, 15) is 18.0 Å². The first kappa shape index (κ1) is 18.3. The predicted molar refractivity (Wildman–Crippen MR) is 84.5 cm³/mol. The van der Waals surface area contributed by atoms with Crippen LogP contribution in [0.15, 0.2) is 54.6 Å². The van der Waals surface area contributed by atoms with Crippen LogP contribution in [0.3, 0.4) is 0 Å². The van der Waals surface area contributed by atoms with Crippen LogP contribution >= 0.6 is 11.6 Å². The molecule has 0 bridgehead atoms. The third kappa shape index (κ3) is 3.39. The van der Waals surface area contributed by atoms with Gasteiger partial charge in [0.05, 0.1) is 0 Å². The van der Waals surface area contributed by atoms with E-state index in [1.54, 1.807) is 30.3 Å². The van der Waals surface area contributed by atoms with Gasteiger partial charge in [-0.3, -0.25) is 4.79 Å². The van der Waals surface area contributed by atoms with Gasteiger partial charge < -0.3 is 10.1 Å². The summed E-state index contributed by atoms with van der Waals surface area (Å²) in [6.07, 6.45) is -4.94. The summed E-state index contributed by atoms with van der Waals surface area (Å²) >= 11 is 5.96. The molecule has 0 spiro atoms. The minimum Gasteiger partial charge on any atom is -0.356 e. The Kier molecular flexibility index (Phi) is 5.51. The first-order valence-corrected chi connectivity index (χ1v) is 7.40. The van der Waals surface area contributed by atoms with E-state index in [2.05, 4.69) is 5.32 Å². The van der Waals surface area contributed by atoms with Crippen LogP contribution in [0.1, 0.15) is 11.1 Å². The maximum atomic E-state index is 13.7. The van der Waals surface area contributed by atoms with Crippen molar-refractivity contribution in [1.82, 2.24) is 5.32 Å². The average Bonchev–Trinajstić information content (AvgIpc) is 2.55. The standard InChI is InChI=1S/C17H15ClF3NO2/c1-24-16(17(19,20)21,13-8-3-2-4-9-13)15(23)22-11-12-7-5-6-10-14(12)18/h2-10H,11H2,1H3,(H,22,23). The monoisotopic (exact) mass is 357 g/mol. The molecule has 0 aliphatic carbocycles. The molecule has 1 atom stereocenters. The van der Waals surface area contributed by atoms with E-state index in [1.807, 2.05) is 0 Å². The minimum absolute atomic E-state index is 0.146. The highest BCUT2D eigenvalue weighted by Crippen LogP contribution is 2.42. The lowest BCUT2D eigenvalue weighted by Crippen LogP contribution is -2.55. The van der Waals surface area contributed by atoms with E-state index in [4.69, 9.17) is 16.3 Å². The number of methoxy groups -OCH3 is 1. The Bertz CT molecular complexity index is 706. The molecule has 0 aliphatic rings. The third-order valence-electron chi connectivity index (χ3n) is 3.60. The van der Waals surface area contributed by atoms with E-state index in [0.717, 1.165) is 7.11 Å². The third-order valence-corrected chi connectivity index (χ3v) is 3.97. The minimum atomic E-state index is -4.94. The molecule has 24 heavy (non-hydrogen) atoms. The van der Waals surface area contributed by atoms with Gasteiger partial charge in [-0.05, 0) is 11.6 Å². The number of halogens is 4. The Balaban J connectivity index is 2.34. The van der Waals surface area contributed by atoms with Gasteiger partial charge in [0, 0.05) is 24.2 Å². The fraction of sp³-hybridized carbons (Fsp3) is 0.235. The largest absolute Gasteiger partial charge is 0.430 e. The van der Waals surface area contributed by atoms with Crippen LogP contribution < -0.4 is 5.32 Å². The second kappa shape index (κ2) is 7.23. The van der Waals surface area contributed by atoms with Gasteiger partial charge in [-0.1, -0.05) is 60.1 Å². The summed E-state index contributed by atoms with van der Waals surface area (Å²) in [5.74, 6) is -1.30. The van der Waals surface area contributed by atoms with Gasteiger partial charge in [-0.15, -0.1) is 0 Å². The number of hydrogen-bond donors (Lipinski definition) is 1. The number of benzene rings is 2. The Morgan fingerprint density at radius 2 is 1.67 bits per heavy atom. The van der Waals surface area contributed by atoms with Crippen LogP contribution in [0.25, 0.3) is 0 Å². The molecular formula is C17H15ClF3NO2. The number of rotatable bonds is 5. The van der Waals surface area contributed by atoms with Crippen molar-refractivity contribution >= 4 is 17.5 Å². The van der Waals surface area contributed by atoms with Crippen LogP contribution in [-0.4, -0.2) is 19.2 Å². The maximum Gasteiger partial charge on any atom is 0.430 e. The summed E-state index contributed by atoms with van der Waals surface area (Å²) in [5, 5.41) is 2.62. The van der Waals surface area contributed by atoms with Gasteiger partial charge in [-0.25, -0.2) is 0 Å². The smallest absolute Gasteiger partial charge is 0.356 e. The quantitative estimate of drug-likeness (QED) is 0.876. The molecule has 0 aliphatic heterocycles. The van der Waals surface area contributed by atoms with E-state index in [-0.39, 0.29) is 12.1 Å². The van der Waals surface area contributed by atoms with Gasteiger partial charge in [0.1, 0.15) is 0 Å². The summed E-state index contributed by atoms with van der Waals surface area (Å²) in [7, 11) is 0.857. The number of carbonyl (C=O) groups excluding carboxylic acids is 1. The SMILES string of the molecule is COC(C(=O)NCc1ccccc1Cl)(c1ccccc1)C(F)(F)F. The second-order valence-electron chi connectivity index (χ2n) is 5.02. The van der Waals surface area contributed by atoms with Crippen LogP contribution in [0.4, 0.5) is 13.2 Å². The van der Waals surface area contributed by atoms with Crippen LogP contribution in [0.5, 0.6) is 0 Å².